The van der Waals surface area contributed by atoms with Gasteiger partial charge in [-0.25, -0.2) is 4.31 Å². The number of methoxy groups -OCH3 is 1. The number of hydrogen-bond acceptors (Lipinski definition) is 5. The van der Waals surface area contributed by atoms with E-state index in [-0.39, 0.29) is 12.5 Å². The minimum absolute atomic E-state index is 0.122. The van der Waals surface area contributed by atoms with Crippen LogP contribution in [0.1, 0.15) is 43.4 Å². The molecular formula is C27H40N4O5S. The predicted molar refractivity (Wildman–Crippen MR) is 147 cm³/mol. The summed E-state index contributed by atoms with van der Waals surface area (Å²) in [5.41, 5.74) is 2.77. The van der Waals surface area contributed by atoms with Gasteiger partial charge >= 0.3 is 10.2 Å². The number of benzene rings is 2. The average molecular weight is 533 g/mol. The zero-order chi connectivity index (χ0) is 27.8. The van der Waals surface area contributed by atoms with Crippen molar-refractivity contribution < 1.29 is 22.7 Å². The van der Waals surface area contributed by atoms with Crippen molar-refractivity contribution >= 4 is 27.7 Å². The fourth-order valence-electron chi connectivity index (χ4n) is 3.94. The first-order valence-electron chi connectivity index (χ1n) is 12.4. The molecule has 1 N–H and O–H groups in total. The zero-order valence-corrected chi connectivity index (χ0v) is 23.8. The van der Waals surface area contributed by atoms with E-state index in [1.165, 1.54) is 19.0 Å². The predicted octanol–water partition coefficient (Wildman–Crippen LogP) is 3.26. The molecular weight excluding hydrogens is 492 g/mol. The third kappa shape index (κ3) is 7.69. The summed E-state index contributed by atoms with van der Waals surface area (Å²) in [5, 5.41) is 2.88. The highest BCUT2D eigenvalue weighted by molar-refractivity contribution is 7.90. The quantitative estimate of drug-likeness (QED) is 0.427. The summed E-state index contributed by atoms with van der Waals surface area (Å²) in [7, 11) is 0.406. The van der Waals surface area contributed by atoms with Crippen LogP contribution in [0.3, 0.4) is 0 Å². The number of carbonyl (C=O) groups excluding carboxylic acids is 2. The highest BCUT2D eigenvalue weighted by atomic mass is 32.2. The van der Waals surface area contributed by atoms with Crippen LogP contribution >= 0.6 is 0 Å². The lowest BCUT2D eigenvalue weighted by atomic mass is 10.1. The molecule has 0 aliphatic carbocycles. The molecule has 204 valence electrons. The van der Waals surface area contributed by atoms with Crippen LogP contribution in [0.25, 0.3) is 0 Å². The Balaban J connectivity index is 2.55. The molecule has 2 aromatic rings. The number of hydrogen-bond donors (Lipinski definition) is 1. The Hall–Kier alpha value is -3.11. The Bertz CT molecular complexity index is 1180. The first kappa shape index (κ1) is 30.1. The number of anilines is 1. The van der Waals surface area contributed by atoms with Crippen LogP contribution in [0, 0.1) is 13.8 Å². The van der Waals surface area contributed by atoms with Crippen molar-refractivity contribution in [2.75, 3.05) is 38.6 Å². The molecule has 0 unspecified atom stereocenters. The molecule has 2 amide bonds. The first-order chi connectivity index (χ1) is 17.5. The molecule has 0 fully saturated rings. The molecule has 1 atom stereocenters. The lowest BCUT2D eigenvalue weighted by molar-refractivity contribution is -0.140. The van der Waals surface area contributed by atoms with Crippen LogP contribution < -0.4 is 14.4 Å². The van der Waals surface area contributed by atoms with Crippen molar-refractivity contribution in [2.45, 2.75) is 53.1 Å². The monoisotopic (exact) mass is 532 g/mol. The highest BCUT2D eigenvalue weighted by Gasteiger charge is 2.34. The highest BCUT2D eigenvalue weighted by Crippen LogP contribution is 2.26. The number of amides is 2. The molecule has 10 heteroatoms. The van der Waals surface area contributed by atoms with Gasteiger partial charge in [0.2, 0.25) is 11.8 Å². The van der Waals surface area contributed by atoms with Crippen LogP contribution in [0.5, 0.6) is 5.75 Å². The molecule has 0 aliphatic rings. The number of carbonyl (C=O) groups is 2. The lowest BCUT2D eigenvalue weighted by Crippen LogP contribution is -2.53. The van der Waals surface area contributed by atoms with E-state index in [9.17, 15) is 18.0 Å². The standard InChI is InChI=1S/C27H40N4O5S/c1-8-15-28-27(33)24(9-2)30(18-22-11-10-12-23(17-22)36-7)26(32)19-31(37(34,35)29(5)6)25-16-20(3)13-14-21(25)4/h10-14,16-17,24H,8-9,15,18-19H2,1-7H3,(H,28,33)/t24-/m1/s1. The van der Waals surface area contributed by atoms with Crippen molar-refractivity contribution in [1.29, 1.82) is 0 Å². The topological polar surface area (TPSA) is 99.3 Å². The smallest absolute Gasteiger partial charge is 0.304 e. The molecule has 2 aromatic carbocycles. The van der Waals surface area contributed by atoms with Gasteiger partial charge < -0.3 is 15.0 Å². The summed E-state index contributed by atoms with van der Waals surface area (Å²) in [5.74, 6) is -0.123. The minimum Gasteiger partial charge on any atom is -0.497 e. The SMILES string of the molecule is CCCNC(=O)[C@@H](CC)N(Cc1cccc(OC)c1)C(=O)CN(c1cc(C)ccc1C)S(=O)(=O)N(C)C. The normalized spacial score (nSPS) is 12.2. The maximum Gasteiger partial charge on any atom is 0.304 e. The van der Waals surface area contributed by atoms with E-state index in [1.807, 2.05) is 45.0 Å². The molecule has 0 radical (unpaired) electrons. The molecule has 0 heterocycles. The van der Waals surface area contributed by atoms with Gasteiger partial charge in [0.05, 0.1) is 12.8 Å². The zero-order valence-electron chi connectivity index (χ0n) is 22.9. The fourth-order valence-corrected chi connectivity index (χ4v) is 5.06. The van der Waals surface area contributed by atoms with Crippen molar-refractivity contribution in [3.8, 4) is 5.75 Å². The number of nitrogens with zero attached hydrogens (tertiary/aromatic N) is 3. The van der Waals surface area contributed by atoms with E-state index in [1.54, 1.807) is 32.2 Å². The van der Waals surface area contributed by atoms with Crippen molar-refractivity contribution in [3.05, 3.63) is 59.2 Å². The minimum atomic E-state index is -4.01. The van der Waals surface area contributed by atoms with Crippen LogP contribution in [-0.2, 0) is 26.3 Å². The maximum absolute atomic E-state index is 13.9. The third-order valence-electron chi connectivity index (χ3n) is 6.07. The van der Waals surface area contributed by atoms with E-state index in [2.05, 4.69) is 5.32 Å². The fraction of sp³-hybridized carbons (Fsp3) is 0.481. The second kappa shape index (κ2) is 13.4. The summed E-state index contributed by atoms with van der Waals surface area (Å²) in [6.07, 6.45) is 1.13. The average Bonchev–Trinajstić information content (AvgIpc) is 2.87. The Morgan fingerprint density at radius 1 is 1.05 bits per heavy atom. The van der Waals surface area contributed by atoms with Crippen LogP contribution in [0.4, 0.5) is 5.69 Å². The van der Waals surface area contributed by atoms with Gasteiger partial charge in [0.25, 0.3) is 0 Å². The van der Waals surface area contributed by atoms with E-state index >= 15 is 0 Å². The molecule has 2 rings (SSSR count). The number of rotatable bonds is 13. The van der Waals surface area contributed by atoms with Gasteiger partial charge in [0.1, 0.15) is 18.3 Å². The Morgan fingerprint density at radius 3 is 2.35 bits per heavy atom. The number of aryl methyl sites for hydroxylation is 2. The summed E-state index contributed by atoms with van der Waals surface area (Å²) < 4.78 is 34.3. The van der Waals surface area contributed by atoms with Crippen LogP contribution in [0.2, 0.25) is 0 Å². The second-order valence-corrected chi connectivity index (χ2v) is 11.2. The third-order valence-corrected chi connectivity index (χ3v) is 7.88. The Labute approximate surface area is 221 Å². The van der Waals surface area contributed by atoms with Crippen molar-refractivity contribution in [1.82, 2.24) is 14.5 Å². The van der Waals surface area contributed by atoms with Gasteiger partial charge in [-0.2, -0.15) is 12.7 Å². The van der Waals surface area contributed by atoms with Gasteiger partial charge in [-0.05, 0) is 61.6 Å². The summed E-state index contributed by atoms with van der Waals surface area (Å²) in [6.45, 7) is 7.61. The molecule has 0 saturated carbocycles. The summed E-state index contributed by atoms with van der Waals surface area (Å²) >= 11 is 0. The van der Waals surface area contributed by atoms with Gasteiger partial charge in [0, 0.05) is 27.2 Å². The van der Waals surface area contributed by atoms with Crippen LogP contribution in [-0.4, -0.2) is 69.8 Å². The van der Waals surface area contributed by atoms with Crippen LogP contribution in [0.15, 0.2) is 42.5 Å². The summed E-state index contributed by atoms with van der Waals surface area (Å²) in [4.78, 5) is 28.5. The largest absolute Gasteiger partial charge is 0.497 e. The van der Waals surface area contributed by atoms with E-state index in [4.69, 9.17) is 4.74 Å². The first-order valence-corrected chi connectivity index (χ1v) is 13.8. The number of ether oxygens (including phenoxy) is 1. The van der Waals surface area contributed by atoms with E-state index in [0.717, 1.165) is 31.7 Å². The number of nitrogens with one attached hydrogen (secondary N) is 1. The molecule has 37 heavy (non-hydrogen) atoms. The second-order valence-electron chi connectivity index (χ2n) is 9.17. The lowest BCUT2D eigenvalue weighted by Gasteiger charge is -2.34. The molecule has 0 saturated heterocycles. The summed E-state index contributed by atoms with van der Waals surface area (Å²) in [6, 6.07) is 12.0. The van der Waals surface area contributed by atoms with Gasteiger partial charge in [0.15, 0.2) is 0 Å². The van der Waals surface area contributed by atoms with Gasteiger partial charge in [-0.3, -0.25) is 9.59 Å². The van der Waals surface area contributed by atoms with E-state index in [0.29, 0.717) is 24.4 Å². The molecule has 0 aliphatic heterocycles. The van der Waals surface area contributed by atoms with Gasteiger partial charge in [-0.15, -0.1) is 0 Å². The van der Waals surface area contributed by atoms with Crippen molar-refractivity contribution in [2.24, 2.45) is 0 Å². The molecule has 9 nitrogen and oxygen atoms in total. The van der Waals surface area contributed by atoms with E-state index < -0.39 is 28.7 Å². The van der Waals surface area contributed by atoms with Crippen molar-refractivity contribution in [3.63, 3.8) is 0 Å². The van der Waals surface area contributed by atoms with Gasteiger partial charge in [-0.1, -0.05) is 38.1 Å². The maximum atomic E-state index is 13.9. The Morgan fingerprint density at radius 2 is 1.76 bits per heavy atom. The molecule has 0 spiro atoms. The molecule has 0 bridgehead atoms. The Kier molecular flexibility index (Phi) is 10.9. The molecule has 0 aromatic heterocycles.